The first-order chi connectivity index (χ1) is 11.6. The summed E-state index contributed by atoms with van der Waals surface area (Å²) in [6.07, 6.45) is 0. The van der Waals surface area contributed by atoms with E-state index in [2.05, 4.69) is 20.9 Å². The van der Waals surface area contributed by atoms with E-state index in [-0.39, 0.29) is 11.3 Å². The molecule has 0 aliphatic rings. The molecule has 4 rings (SSSR count). The van der Waals surface area contributed by atoms with Gasteiger partial charge in [-0.15, -0.1) is 11.3 Å². The fourth-order valence-electron chi connectivity index (χ4n) is 2.98. The molecule has 0 saturated carbocycles. The van der Waals surface area contributed by atoms with Crippen LogP contribution in [-0.4, -0.2) is 10.1 Å². The van der Waals surface area contributed by atoms with E-state index in [0.29, 0.717) is 26.8 Å². The average molecular weight is 401 g/mol. The van der Waals surface area contributed by atoms with E-state index < -0.39 is 0 Å². The molecular weight excluding hydrogens is 388 g/mol. The van der Waals surface area contributed by atoms with Crippen molar-refractivity contribution in [2.24, 2.45) is 5.73 Å². The van der Waals surface area contributed by atoms with Gasteiger partial charge in [-0.1, -0.05) is 24.3 Å². The van der Waals surface area contributed by atoms with Gasteiger partial charge in [-0.05, 0) is 44.6 Å². The third-order valence-corrected chi connectivity index (χ3v) is 5.65. The number of fused-ring (bicyclic) bond motifs is 3. The first kappa shape index (κ1) is 15.4. The number of aromatic hydroxyl groups is 1. The van der Waals surface area contributed by atoms with E-state index in [1.807, 2.05) is 35.7 Å². The van der Waals surface area contributed by atoms with Gasteiger partial charge in [0.15, 0.2) is 0 Å². The van der Waals surface area contributed by atoms with Crippen LogP contribution in [0.1, 0.15) is 5.56 Å². The van der Waals surface area contributed by atoms with Crippen molar-refractivity contribution in [3.63, 3.8) is 0 Å². The van der Waals surface area contributed by atoms with Crippen molar-refractivity contribution in [3.05, 3.63) is 62.2 Å². The van der Waals surface area contributed by atoms with E-state index in [9.17, 15) is 9.90 Å². The lowest BCUT2D eigenvalue weighted by Gasteiger charge is -2.13. The molecule has 0 aliphatic heterocycles. The summed E-state index contributed by atoms with van der Waals surface area (Å²) in [6.45, 7) is 0.468. The molecule has 4 aromatic rings. The normalized spacial score (nSPS) is 11.4. The maximum Gasteiger partial charge on any atom is 0.266 e. The van der Waals surface area contributed by atoms with Gasteiger partial charge in [0.05, 0.1) is 5.52 Å². The number of H-pyrrole nitrogens is 1. The van der Waals surface area contributed by atoms with Gasteiger partial charge in [-0.2, -0.15) is 0 Å². The number of phenolic OH excluding ortho intramolecular Hbond substituents is 1. The lowest BCUT2D eigenvalue weighted by molar-refractivity contribution is 0.477. The number of benzene rings is 2. The Morgan fingerprint density at radius 2 is 1.96 bits per heavy atom. The molecule has 0 amide bonds. The minimum absolute atomic E-state index is 0.122. The molecule has 0 aliphatic carbocycles. The van der Waals surface area contributed by atoms with Gasteiger partial charge >= 0.3 is 0 Å². The standard InChI is InChI=1S/C18H13BrN2O2S/c19-12-7-13(22)14(10-3-1-9(8-20)2-4-10)15-11-5-6-24-17(11)18(23)21-16(12)15/h1-7,22H,8,20H2,(H,21,23). The molecule has 2 heterocycles. The number of hydrogen-bond acceptors (Lipinski definition) is 4. The predicted molar refractivity (Wildman–Crippen MR) is 103 cm³/mol. The van der Waals surface area contributed by atoms with Crippen molar-refractivity contribution < 1.29 is 5.11 Å². The average Bonchev–Trinajstić information content (AvgIpc) is 3.07. The minimum atomic E-state index is -0.122. The molecule has 0 bridgehead atoms. The molecule has 4 nitrogen and oxygen atoms in total. The highest BCUT2D eigenvalue weighted by molar-refractivity contribution is 9.10. The Kier molecular flexibility index (Phi) is 3.68. The summed E-state index contributed by atoms with van der Waals surface area (Å²) in [5.41, 5.74) is 8.83. The molecule has 0 saturated heterocycles. The van der Waals surface area contributed by atoms with Crippen molar-refractivity contribution in [1.29, 1.82) is 0 Å². The Morgan fingerprint density at radius 1 is 1.21 bits per heavy atom. The summed E-state index contributed by atoms with van der Waals surface area (Å²) in [5, 5.41) is 14.2. The number of nitrogens with two attached hydrogens (primary N) is 1. The molecule has 2 aromatic carbocycles. The lowest BCUT2D eigenvalue weighted by atomic mass is 9.96. The minimum Gasteiger partial charge on any atom is -0.507 e. The summed E-state index contributed by atoms with van der Waals surface area (Å²) in [7, 11) is 0. The fourth-order valence-corrected chi connectivity index (χ4v) is 4.29. The molecule has 24 heavy (non-hydrogen) atoms. The van der Waals surface area contributed by atoms with Crippen molar-refractivity contribution in [2.75, 3.05) is 0 Å². The Bertz CT molecular complexity index is 1130. The second-order valence-corrected chi connectivity index (χ2v) is 7.29. The molecule has 6 heteroatoms. The van der Waals surface area contributed by atoms with Crippen LogP contribution in [-0.2, 0) is 6.54 Å². The van der Waals surface area contributed by atoms with Crippen LogP contribution in [0, 0.1) is 0 Å². The highest BCUT2D eigenvalue weighted by Crippen LogP contribution is 2.42. The number of hydrogen-bond donors (Lipinski definition) is 3. The maximum absolute atomic E-state index is 12.3. The highest BCUT2D eigenvalue weighted by atomic mass is 79.9. The molecule has 0 radical (unpaired) electrons. The number of pyridine rings is 1. The molecule has 4 N–H and O–H groups in total. The monoisotopic (exact) mass is 400 g/mol. The SMILES string of the molecule is NCc1ccc(-c2c(O)cc(Br)c3[nH]c(=O)c4sccc4c23)cc1. The second kappa shape index (κ2) is 5.73. The van der Waals surface area contributed by atoms with Gasteiger partial charge in [0, 0.05) is 27.4 Å². The molecule has 0 atom stereocenters. The number of rotatable bonds is 2. The third-order valence-electron chi connectivity index (χ3n) is 4.12. The van der Waals surface area contributed by atoms with Gasteiger partial charge in [0.25, 0.3) is 5.56 Å². The van der Waals surface area contributed by atoms with Gasteiger partial charge < -0.3 is 15.8 Å². The molecule has 0 fully saturated rings. The number of aromatic amines is 1. The van der Waals surface area contributed by atoms with Crippen LogP contribution in [0.15, 0.2) is 51.0 Å². The van der Waals surface area contributed by atoms with Crippen molar-refractivity contribution in [1.82, 2.24) is 4.98 Å². The van der Waals surface area contributed by atoms with E-state index in [1.165, 1.54) is 11.3 Å². The van der Waals surface area contributed by atoms with Crippen molar-refractivity contribution >= 4 is 48.3 Å². The summed E-state index contributed by atoms with van der Waals surface area (Å²) in [4.78, 5) is 15.2. The quantitative estimate of drug-likeness (QED) is 0.468. The van der Waals surface area contributed by atoms with Crippen LogP contribution in [0.3, 0.4) is 0 Å². The van der Waals surface area contributed by atoms with Gasteiger partial charge in [0.1, 0.15) is 10.4 Å². The van der Waals surface area contributed by atoms with E-state index in [1.54, 1.807) is 6.07 Å². The summed E-state index contributed by atoms with van der Waals surface area (Å²) in [6, 6.07) is 11.3. The number of halogens is 1. The first-order valence-corrected chi connectivity index (χ1v) is 9.01. The van der Waals surface area contributed by atoms with Crippen LogP contribution < -0.4 is 11.3 Å². The largest absolute Gasteiger partial charge is 0.507 e. The number of thiophene rings is 1. The molecule has 2 aromatic heterocycles. The summed E-state index contributed by atoms with van der Waals surface area (Å²) < 4.78 is 1.31. The van der Waals surface area contributed by atoms with Gasteiger partial charge in [-0.3, -0.25) is 4.79 Å². The number of aromatic nitrogens is 1. The van der Waals surface area contributed by atoms with E-state index in [0.717, 1.165) is 21.9 Å². The zero-order valence-electron chi connectivity index (χ0n) is 12.5. The fraction of sp³-hybridized carbons (Fsp3) is 0.0556. The summed E-state index contributed by atoms with van der Waals surface area (Å²) >= 11 is 4.84. The summed E-state index contributed by atoms with van der Waals surface area (Å²) in [5.74, 6) is 0.162. The molecular formula is C18H13BrN2O2S. The van der Waals surface area contributed by atoms with E-state index >= 15 is 0 Å². The van der Waals surface area contributed by atoms with Gasteiger partial charge in [-0.25, -0.2) is 0 Å². The highest BCUT2D eigenvalue weighted by Gasteiger charge is 2.17. The van der Waals surface area contributed by atoms with Crippen LogP contribution in [0.4, 0.5) is 0 Å². The predicted octanol–water partition coefficient (Wildman–Crippen LogP) is 4.34. The molecule has 120 valence electrons. The zero-order valence-corrected chi connectivity index (χ0v) is 14.9. The number of phenols is 1. The number of nitrogens with one attached hydrogen (secondary N) is 1. The third kappa shape index (κ3) is 2.26. The van der Waals surface area contributed by atoms with Crippen LogP contribution in [0.25, 0.3) is 32.1 Å². The Morgan fingerprint density at radius 3 is 2.67 bits per heavy atom. The Labute approximate surface area is 149 Å². The van der Waals surface area contributed by atoms with Crippen LogP contribution in [0.5, 0.6) is 5.75 Å². The van der Waals surface area contributed by atoms with Crippen molar-refractivity contribution in [3.8, 4) is 16.9 Å². The second-order valence-electron chi connectivity index (χ2n) is 5.52. The lowest BCUT2D eigenvalue weighted by Crippen LogP contribution is -2.05. The Hall–Kier alpha value is -2.15. The van der Waals surface area contributed by atoms with Gasteiger partial charge in [0.2, 0.25) is 0 Å². The smallest absolute Gasteiger partial charge is 0.266 e. The molecule has 0 spiro atoms. The first-order valence-electron chi connectivity index (χ1n) is 7.34. The van der Waals surface area contributed by atoms with Crippen molar-refractivity contribution in [2.45, 2.75) is 6.54 Å². The van der Waals surface area contributed by atoms with Crippen LogP contribution in [0.2, 0.25) is 0 Å². The molecule has 0 unspecified atom stereocenters. The maximum atomic E-state index is 12.3. The Balaban J connectivity index is 2.18. The zero-order chi connectivity index (χ0) is 16.8. The van der Waals surface area contributed by atoms with E-state index in [4.69, 9.17) is 5.73 Å². The van der Waals surface area contributed by atoms with Crippen LogP contribution >= 0.6 is 27.3 Å². The topological polar surface area (TPSA) is 79.1 Å².